The first kappa shape index (κ1) is 23.2. The van der Waals surface area contributed by atoms with Crippen LogP contribution in [-0.2, 0) is 16.1 Å². The average molecular weight is 503 g/mol. The van der Waals surface area contributed by atoms with E-state index >= 15 is 0 Å². The number of allylic oxidation sites excluding steroid dienone is 1. The van der Waals surface area contributed by atoms with Crippen molar-refractivity contribution in [2.24, 2.45) is 5.92 Å². The predicted molar refractivity (Wildman–Crippen MR) is 120 cm³/mol. The molecule has 0 bridgehead atoms. The third-order valence-corrected chi connectivity index (χ3v) is 6.92. The fourth-order valence-corrected chi connectivity index (χ4v) is 4.99. The summed E-state index contributed by atoms with van der Waals surface area (Å²) in [6, 6.07) is 1.21. The quantitative estimate of drug-likeness (QED) is 0.565. The van der Waals surface area contributed by atoms with Gasteiger partial charge in [0, 0.05) is 30.2 Å². The van der Waals surface area contributed by atoms with Gasteiger partial charge in [0.25, 0.3) is 0 Å². The Morgan fingerprint density at radius 3 is 2.69 bits per heavy atom. The first-order chi connectivity index (χ1) is 16.8. The molecule has 0 saturated carbocycles. The molecule has 2 aromatic rings. The summed E-state index contributed by atoms with van der Waals surface area (Å²) in [6.07, 6.45) is 2.74. The van der Waals surface area contributed by atoms with Gasteiger partial charge in [-0.05, 0) is 12.8 Å². The maximum atomic E-state index is 13.5. The summed E-state index contributed by atoms with van der Waals surface area (Å²) in [4.78, 5) is 42.6. The highest BCUT2D eigenvalue weighted by Crippen LogP contribution is 2.52. The van der Waals surface area contributed by atoms with Crippen LogP contribution in [-0.4, -0.2) is 47.4 Å². The average Bonchev–Trinajstić information content (AvgIpc) is 3.55. The molecule has 2 aliphatic heterocycles. The number of halogens is 1. The molecule has 1 spiro atoms. The number of carbonyl (C=O) groups is 3. The number of rotatable bonds is 6. The Balaban J connectivity index is 1.35. The second kappa shape index (κ2) is 8.56. The third-order valence-electron chi connectivity index (χ3n) is 6.56. The molecule has 1 aliphatic carbocycles. The Morgan fingerprint density at radius 1 is 1.26 bits per heavy atom. The summed E-state index contributed by atoms with van der Waals surface area (Å²) < 4.78 is 21.9. The molecule has 184 valence electrons. The monoisotopic (exact) mass is 502 g/mol. The lowest BCUT2D eigenvalue weighted by Gasteiger charge is -2.35. The molecular weight excluding hydrogens is 480 g/mol. The molecule has 3 aliphatic rings. The van der Waals surface area contributed by atoms with Crippen molar-refractivity contribution in [1.29, 1.82) is 0 Å². The van der Waals surface area contributed by atoms with Crippen molar-refractivity contribution in [3.05, 3.63) is 40.1 Å². The number of hydrogen-bond donors (Lipinski definition) is 2. The van der Waals surface area contributed by atoms with Crippen LogP contribution < -0.4 is 24.8 Å². The zero-order chi connectivity index (χ0) is 24.9. The predicted octanol–water partition coefficient (Wildman–Crippen LogP) is 2.29. The lowest BCUT2D eigenvalue weighted by atomic mass is 9.74. The molecule has 12 heteroatoms. The number of benzene rings is 1. The van der Waals surface area contributed by atoms with Gasteiger partial charge in [0.2, 0.25) is 29.0 Å². The van der Waals surface area contributed by atoms with Gasteiger partial charge < -0.3 is 29.4 Å². The smallest absolute Gasteiger partial charge is 0.249 e. The third kappa shape index (κ3) is 3.61. The van der Waals surface area contributed by atoms with Gasteiger partial charge in [0.05, 0.1) is 20.8 Å². The first-order valence-corrected chi connectivity index (χ1v) is 11.4. The molecule has 5 rings (SSSR count). The number of amides is 1. The summed E-state index contributed by atoms with van der Waals surface area (Å²) in [7, 11) is 2.85. The van der Waals surface area contributed by atoms with Crippen LogP contribution in [0.1, 0.15) is 54.3 Å². The van der Waals surface area contributed by atoms with E-state index in [0.29, 0.717) is 36.7 Å². The minimum Gasteiger partial charge on any atom is -0.496 e. The van der Waals surface area contributed by atoms with Crippen LogP contribution in [0.5, 0.6) is 17.2 Å². The van der Waals surface area contributed by atoms with Crippen molar-refractivity contribution >= 4 is 29.1 Å². The molecule has 2 N–H and O–H groups in total. The number of nitrogens with zero attached hydrogens (tertiary/aromatic N) is 2. The fraction of sp³-hybridized carbons (Fsp3) is 0.435. The topological polar surface area (TPSA) is 142 Å². The number of aromatic nitrogens is 2. The fourth-order valence-electron chi connectivity index (χ4n) is 4.72. The maximum Gasteiger partial charge on any atom is 0.249 e. The Labute approximate surface area is 205 Å². The van der Waals surface area contributed by atoms with Gasteiger partial charge in [0.1, 0.15) is 28.1 Å². The van der Waals surface area contributed by atoms with Crippen LogP contribution in [0.3, 0.4) is 0 Å². The van der Waals surface area contributed by atoms with Gasteiger partial charge >= 0.3 is 0 Å². The molecular formula is C23H23ClN4O7. The van der Waals surface area contributed by atoms with E-state index in [9.17, 15) is 14.4 Å². The van der Waals surface area contributed by atoms with Crippen LogP contribution in [0, 0.1) is 5.92 Å². The van der Waals surface area contributed by atoms with E-state index in [2.05, 4.69) is 20.8 Å². The van der Waals surface area contributed by atoms with Gasteiger partial charge in [0.15, 0.2) is 11.6 Å². The minimum atomic E-state index is -1.74. The van der Waals surface area contributed by atoms with Gasteiger partial charge in [-0.1, -0.05) is 23.7 Å². The van der Waals surface area contributed by atoms with E-state index in [4.69, 9.17) is 30.3 Å². The van der Waals surface area contributed by atoms with Gasteiger partial charge in [-0.2, -0.15) is 4.98 Å². The second-order valence-corrected chi connectivity index (χ2v) is 9.04. The van der Waals surface area contributed by atoms with E-state index in [1.165, 1.54) is 26.4 Å². The molecule has 3 heterocycles. The molecule has 0 radical (unpaired) electrons. The van der Waals surface area contributed by atoms with Gasteiger partial charge in [-0.25, -0.2) is 0 Å². The van der Waals surface area contributed by atoms with E-state index in [1.54, 1.807) is 6.92 Å². The first-order valence-electron chi connectivity index (χ1n) is 11.1. The Morgan fingerprint density at radius 2 is 2.03 bits per heavy atom. The van der Waals surface area contributed by atoms with E-state index in [-0.39, 0.29) is 46.3 Å². The standard InChI is InChI=1S/C23H23ClN4O7/c1-10-6-11(25-9-16-27-22(35-28-16)12-4-5-17(30)26-12)7-15(29)23(10)21(31)18-13(32-2)8-14(33-3)19(24)20(18)34-23/h7-8,10,12,25H,4-6,9H2,1-3H3,(H,26,30)/t10-,12+,23+/m1/s1. The normalized spacial score (nSPS) is 25.3. The summed E-state index contributed by atoms with van der Waals surface area (Å²) in [5.74, 6) is -0.253. The number of ketones is 2. The number of carbonyl (C=O) groups excluding carboxylic acids is 3. The zero-order valence-electron chi connectivity index (χ0n) is 19.3. The molecule has 0 unspecified atom stereocenters. The molecule has 3 atom stereocenters. The van der Waals surface area contributed by atoms with Crippen molar-refractivity contribution in [2.45, 2.75) is 44.4 Å². The molecule has 1 aromatic carbocycles. The Hall–Kier alpha value is -3.60. The number of methoxy groups -OCH3 is 2. The second-order valence-electron chi connectivity index (χ2n) is 8.67. The van der Waals surface area contributed by atoms with Gasteiger partial charge in [-0.3, -0.25) is 14.4 Å². The van der Waals surface area contributed by atoms with E-state index < -0.39 is 23.1 Å². The molecule has 11 nitrogen and oxygen atoms in total. The van der Waals surface area contributed by atoms with Crippen LogP contribution >= 0.6 is 11.6 Å². The summed E-state index contributed by atoms with van der Waals surface area (Å²) in [5, 5.41) is 9.95. The van der Waals surface area contributed by atoms with Gasteiger partial charge in [-0.15, -0.1) is 0 Å². The van der Waals surface area contributed by atoms with Crippen LogP contribution in [0.25, 0.3) is 0 Å². The van der Waals surface area contributed by atoms with Crippen molar-refractivity contribution < 1.29 is 33.1 Å². The largest absolute Gasteiger partial charge is 0.496 e. The summed E-state index contributed by atoms with van der Waals surface area (Å²) >= 11 is 6.41. The van der Waals surface area contributed by atoms with E-state index in [1.807, 2.05) is 0 Å². The molecule has 1 fully saturated rings. The number of ether oxygens (including phenoxy) is 3. The number of Topliss-reactive ketones (excluding diaryl/α,β-unsaturated/α-hetero) is 1. The van der Waals surface area contributed by atoms with Crippen molar-refractivity contribution in [3.63, 3.8) is 0 Å². The summed E-state index contributed by atoms with van der Waals surface area (Å²) in [6.45, 7) is 1.97. The molecule has 35 heavy (non-hydrogen) atoms. The van der Waals surface area contributed by atoms with Crippen molar-refractivity contribution in [3.8, 4) is 17.2 Å². The summed E-state index contributed by atoms with van der Waals surface area (Å²) in [5.41, 5.74) is -1.00. The van der Waals surface area contributed by atoms with Crippen LogP contribution in [0.15, 0.2) is 22.4 Å². The number of fused-ring (bicyclic) bond motifs is 1. The van der Waals surface area contributed by atoms with Crippen molar-refractivity contribution in [1.82, 2.24) is 20.8 Å². The number of nitrogens with one attached hydrogen (secondary N) is 2. The van der Waals surface area contributed by atoms with Crippen LogP contribution in [0.4, 0.5) is 0 Å². The lowest BCUT2D eigenvalue weighted by molar-refractivity contribution is -0.129. The molecule has 1 amide bonds. The zero-order valence-corrected chi connectivity index (χ0v) is 20.0. The van der Waals surface area contributed by atoms with Crippen LogP contribution in [0.2, 0.25) is 5.02 Å². The minimum absolute atomic E-state index is 0.0511. The number of hydrogen-bond acceptors (Lipinski definition) is 10. The SMILES string of the molecule is COc1cc(OC)c2c(c1Cl)O[C@@]1(C(=O)C=C(NCc3noc([C@@H]4CCC(=O)N4)n3)C[C@H]1C)C2=O. The van der Waals surface area contributed by atoms with E-state index in [0.717, 1.165) is 0 Å². The highest BCUT2D eigenvalue weighted by atomic mass is 35.5. The lowest BCUT2D eigenvalue weighted by Crippen LogP contribution is -2.55. The Bertz CT molecular complexity index is 1270. The molecule has 1 aromatic heterocycles. The Kier molecular flexibility index (Phi) is 5.66. The highest BCUT2D eigenvalue weighted by Gasteiger charge is 2.60. The maximum absolute atomic E-state index is 13.5. The van der Waals surface area contributed by atoms with Crippen molar-refractivity contribution in [2.75, 3.05) is 14.2 Å². The highest BCUT2D eigenvalue weighted by molar-refractivity contribution is 6.36. The molecule has 1 saturated heterocycles.